The average molecular weight is 248 g/mol. The van der Waals surface area contributed by atoms with E-state index in [2.05, 4.69) is 4.98 Å². The summed E-state index contributed by atoms with van der Waals surface area (Å²) < 4.78 is 39.6. The summed E-state index contributed by atoms with van der Waals surface area (Å²) in [6.07, 6.45) is -0.607. The fourth-order valence-corrected chi connectivity index (χ4v) is 2.55. The highest BCUT2D eigenvalue weighted by Gasteiger charge is 2.48. The predicted molar refractivity (Wildman–Crippen MR) is 55.1 cm³/mol. The molecule has 1 fully saturated rings. The highest BCUT2D eigenvalue weighted by atomic mass is 19.4. The van der Waals surface area contributed by atoms with Crippen molar-refractivity contribution in [2.75, 3.05) is 0 Å². The van der Waals surface area contributed by atoms with Gasteiger partial charge in [-0.1, -0.05) is 0 Å². The Labute approximate surface area is 97.3 Å². The lowest BCUT2D eigenvalue weighted by atomic mass is 9.77. The van der Waals surface area contributed by atoms with E-state index < -0.39 is 17.7 Å². The number of imidazole rings is 1. The van der Waals surface area contributed by atoms with E-state index in [0.29, 0.717) is 18.7 Å². The van der Waals surface area contributed by atoms with Gasteiger partial charge in [0.1, 0.15) is 11.4 Å². The monoisotopic (exact) mass is 248 g/mol. The molecule has 1 saturated carbocycles. The Bertz CT molecular complexity index is 402. The summed E-state index contributed by atoms with van der Waals surface area (Å²) >= 11 is 0. The van der Waals surface area contributed by atoms with Crippen LogP contribution in [-0.4, -0.2) is 20.8 Å². The fraction of sp³-hybridized carbons (Fsp3) is 0.727. The first kappa shape index (κ1) is 12.4. The summed E-state index contributed by atoms with van der Waals surface area (Å²) in [6, 6.07) is 0. The Morgan fingerprint density at radius 3 is 2.76 bits per heavy atom. The molecule has 2 atom stereocenters. The number of alkyl halides is 3. The van der Waals surface area contributed by atoms with E-state index in [1.807, 2.05) is 0 Å². The van der Waals surface area contributed by atoms with Crippen LogP contribution in [0, 0.1) is 5.92 Å². The second-order valence-electron chi connectivity index (χ2n) is 4.73. The Morgan fingerprint density at radius 2 is 2.24 bits per heavy atom. The molecule has 96 valence electrons. The predicted octanol–water partition coefficient (Wildman–Crippen LogP) is 2.36. The molecule has 1 heterocycles. The van der Waals surface area contributed by atoms with Gasteiger partial charge in [0.05, 0.1) is 5.92 Å². The van der Waals surface area contributed by atoms with Crippen molar-refractivity contribution in [3.05, 3.63) is 18.2 Å². The van der Waals surface area contributed by atoms with E-state index in [1.165, 1.54) is 6.20 Å². The van der Waals surface area contributed by atoms with Gasteiger partial charge >= 0.3 is 6.18 Å². The van der Waals surface area contributed by atoms with E-state index in [-0.39, 0.29) is 12.8 Å². The summed E-state index contributed by atoms with van der Waals surface area (Å²) in [6.45, 7) is 0. The maximum absolute atomic E-state index is 12.7. The number of rotatable bonds is 1. The van der Waals surface area contributed by atoms with Crippen LogP contribution in [0.5, 0.6) is 0 Å². The molecule has 0 spiro atoms. The first-order valence-corrected chi connectivity index (χ1v) is 5.60. The number of aliphatic hydroxyl groups is 1. The summed E-state index contributed by atoms with van der Waals surface area (Å²) in [4.78, 5) is 3.97. The average Bonchev–Trinajstić information content (AvgIpc) is 2.64. The Kier molecular flexibility index (Phi) is 2.93. The van der Waals surface area contributed by atoms with Crippen molar-refractivity contribution in [2.24, 2.45) is 13.0 Å². The number of nitrogens with zero attached hydrogens (tertiary/aromatic N) is 2. The van der Waals surface area contributed by atoms with Crippen molar-refractivity contribution in [3.8, 4) is 0 Å². The Hall–Kier alpha value is -1.04. The minimum Gasteiger partial charge on any atom is -0.382 e. The highest BCUT2D eigenvalue weighted by Crippen LogP contribution is 2.45. The molecule has 0 aromatic carbocycles. The molecule has 2 unspecified atom stereocenters. The van der Waals surface area contributed by atoms with E-state index in [0.717, 1.165) is 0 Å². The molecule has 1 aliphatic carbocycles. The smallest absolute Gasteiger partial charge is 0.382 e. The zero-order valence-corrected chi connectivity index (χ0v) is 9.54. The lowest BCUT2D eigenvalue weighted by molar-refractivity contribution is -0.203. The molecule has 1 aromatic heterocycles. The molecule has 2 rings (SSSR count). The number of aryl methyl sites for hydroxylation is 1. The lowest BCUT2D eigenvalue weighted by Crippen LogP contribution is -2.40. The van der Waals surface area contributed by atoms with Crippen LogP contribution in [0.3, 0.4) is 0 Å². The van der Waals surface area contributed by atoms with Crippen molar-refractivity contribution < 1.29 is 18.3 Å². The van der Waals surface area contributed by atoms with Gasteiger partial charge in [0.15, 0.2) is 0 Å². The maximum atomic E-state index is 12.7. The van der Waals surface area contributed by atoms with Crippen LogP contribution < -0.4 is 0 Å². The van der Waals surface area contributed by atoms with E-state index in [9.17, 15) is 18.3 Å². The molecule has 1 aliphatic rings. The lowest BCUT2D eigenvalue weighted by Gasteiger charge is -2.36. The SMILES string of the molecule is Cn1ccnc1C1(O)CCCC(C(F)(F)F)C1. The molecule has 6 heteroatoms. The molecular weight excluding hydrogens is 233 g/mol. The number of aromatic nitrogens is 2. The van der Waals surface area contributed by atoms with Gasteiger partial charge in [-0.15, -0.1) is 0 Å². The van der Waals surface area contributed by atoms with Crippen molar-refractivity contribution in [1.29, 1.82) is 0 Å². The van der Waals surface area contributed by atoms with Crippen molar-refractivity contribution in [3.63, 3.8) is 0 Å². The highest BCUT2D eigenvalue weighted by molar-refractivity contribution is 5.07. The first-order valence-electron chi connectivity index (χ1n) is 5.60. The van der Waals surface area contributed by atoms with E-state index in [4.69, 9.17) is 0 Å². The van der Waals surface area contributed by atoms with Crippen LogP contribution in [0.25, 0.3) is 0 Å². The summed E-state index contributed by atoms with van der Waals surface area (Å²) in [5, 5.41) is 10.4. The van der Waals surface area contributed by atoms with Gasteiger partial charge in [0, 0.05) is 19.4 Å². The summed E-state index contributed by atoms with van der Waals surface area (Å²) in [7, 11) is 1.68. The Balaban J connectivity index is 2.24. The molecular formula is C11H15F3N2O. The third kappa shape index (κ3) is 2.31. The second-order valence-corrected chi connectivity index (χ2v) is 4.73. The normalized spacial score (nSPS) is 30.5. The Morgan fingerprint density at radius 1 is 1.53 bits per heavy atom. The quantitative estimate of drug-likeness (QED) is 0.828. The molecule has 17 heavy (non-hydrogen) atoms. The van der Waals surface area contributed by atoms with Gasteiger partial charge in [-0.2, -0.15) is 13.2 Å². The van der Waals surface area contributed by atoms with E-state index >= 15 is 0 Å². The molecule has 0 radical (unpaired) electrons. The topological polar surface area (TPSA) is 38.0 Å². The molecule has 1 N–H and O–H groups in total. The van der Waals surface area contributed by atoms with Crippen LogP contribution in [0.2, 0.25) is 0 Å². The fourth-order valence-electron chi connectivity index (χ4n) is 2.55. The first-order chi connectivity index (χ1) is 7.83. The molecule has 0 bridgehead atoms. The van der Waals surface area contributed by atoms with E-state index in [1.54, 1.807) is 17.8 Å². The van der Waals surface area contributed by atoms with Crippen molar-refractivity contribution in [1.82, 2.24) is 9.55 Å². The third-order valence-electron chi connectivity index (χ3n) is 3.43. The summed E-state index contributed by atoms with van der Waals surface area (Å²) in [5.41, 5.74) is -1.45. The van der Waals surface area contributed by atoms with Crippen LogP contribution in [0.1, 0.15) is 31.5 Å². The molecule has 1 aromatic rings. The molecule has 0 aliphatic heterocycles. The molecule has 0 saturated heterocycles. The minimum absolute atomic E-state index is 0.0935. The van der Waals surface area contributed by atoms with Crippen LogP contribution in [0.4, 0.5) is 13.2 Å². The standard InChI is InChI=1S/C11H15F3N2O/c1-16-6-5-15-9(16)10(17)4-2-3-8(7-10)11(12,13)14/h5-6,8,17H,2-4,7H2,1H3. The maximum Gasteiger partial charge on any atom is 0.391 e. The number of halogens is 3. The van der Waals surface area contributed by atoms with Gasteiger partial charge in [-0.3, -0.25) is 0 Å². The van der Waals surface area contributed by atoms with Gasteiger partial charge < -0.3 is 9.67 Å². The van der Waals surface area contributed by atoms with Gasteiger partial charge in [-0.05, 0) is 25.7 Å². The third-order valence-corrected chi connectivity index (χ3v) is 3.43. The van der Waals surface area contributed by atoms with Gasteiger partial charge in [0.2, 0.25) is 0 Å². The molecule has 0 amide bonds. The number of hydrogen-bond acceptors (Lipinski definition) is 2. The van der Waals surface area contributed by atoms with Gasteiger partial charge in [-0.25, -0.2) is 4.98 Å². The second kappa shape index (κ2) is 4.01. The van der Waals surface area contributed by atoms with Crippen LogP contribution in [0.15, 0.2) is 12.4 Å². The zero-order chi connectivity index (χ0) is 12.7. The number of hydrogen-bond donors (Lipinski definition) is 1. The minimum atomic E-state index is -4.24. The van der Waals surface area contributed by atoms with Gasteiger partial charge in [0.25, 0.3) is 0 Å². The van der Waals surface area contributed by atoms with Crippen LogP contribution >= 0.6 is 0 Å². The largest absolute Gasteiger partial charge is 0.391 e. The van der Waals surface area contributed by atoms with Crippen molar-refractivity contribution in [2.45, 2.75) is 37.5 Å². The van der Waals surface area contributed by atoms with Crippen molar-refractivity contribution >= 4 is 0 Å². The molecule has 3 nitrogen and oxygen atoms in total. The summed E-state index contributed by atoms with van der Waals surface area (Å²) in [5.74, 6) is -1.11. The van der Waals surface area contributed by atoms with Crippen LogP contribution in [-0.2, 0) is 12.6 Å². The zero-order valence-electron chi connectivity index (χ0n) is 9.54.